The van der Waals surface area contributed by atoms with Crippen LogP contribution in [0.4, 0.5) is 10.8 Å². The lowest BCUT2D eigenvalue weighted by molar-refractivity contribution is 0.0953. The third kappa shape index (κ3) is 2.29. The van der Waals surface area contributed by atoms with Gasteiger partial charge in [-0.25, -0.2) is 0 Å². The lowest BCUT2D eigenvalue weighted by Gasteiger charge is -2.33. The smallest absolute Gasteiger partial charge is 0.258 e. The van der Waals surface area contributed by atoms with E-state index in [0.29, 0.717) is 23.5 Å². The summed E-state index contributed by atoms with van der Waals surface area (Å²) < 4.78 is 4.09. The monoisotopic (exact) mass is 266 g/mol. The van der Waals surface area contributed by atoms with Crippen LogP contribution in [-0.4, -0.2) is 22.4 Å². The van der Waals surface area contributed by atoms with Crippen molar-refractivity contribution in [3.05, 3.63) is 5.56 Å². The maximum Gasteiger partial charge on any atom is 0.258 e. The van der Waals surface area contributed by atoms with Crippen LogP contribution in [0, 0.1) is 5.92 Å². The van der Waals surface area contributed by atoms with Crippen molar-refractivity contribution in [2.75, 3.05) is 11.1 Å². The summed E-state index contributed by atoms with van der Waals surface area (Å²) in [4.78, 5) is 12.1. The molecule has 2 aliphatic rings. The maximum absolute atomic E-state index is 12.1. The molecule has 2 fully saturated rings. The summed E-state index contributed by atoms with van der Waals surface area (Å²) in [5.41, 5.74) is 6.33. The van der Waals surface area contributed by atoms with Gasteiger partial charge in [0.1, 0.15) is 10.6 Å². The first-order chi connectivity index (χ1) is 8.63. The van der Waals surface area contributed by atoms with Gasteiger partial charge in [0.05, 0.1) is 0 Å². The van der Waals surface area contributed by atoms with Gasteiger partial charge in [0.2, 0.25) is 0 Å². The highest BCUT2D eigenvalue weighted by Gasteiger charge is 2.30. The topological polar surface area (TPSA) is 80.0 Å². The molecule has 0 unspecified atom stereocenters. The van der Waals surface area contributed by atoms with E-state index in [4.69, 9.17) is 5.73 Å². The average molecular weight is 266 g/mol. The molecule has 1 heterocycles. The molecule has 2 saturated carbocycles. The number of hydrogen-bond donors (Lipinski definition) is 3. The normalized spacial score (nSPS) is 26.5. The molecule has 0 bridgehead atoms. The highest BCUT2D eigenvalue weighted by Crippen LogP contribution is 2.34. The third-order valence-electron chi connectivity index (χ3n) is 3.57. The van der Waals surface area contributed by atoms with Gasteiger partial charge in [-0.2, -0.15) is 4.37 Å². The minimum atomic E-state index is -0.0846. The summed E-state index contributed by atoms with van der Waals surface area (Å²) in [5.74, 6) is 1.03. The fourth-order valence-corrected chi connectivity index (χ4v) is 3.10. The number of nitrogen functional groups attached to an aromatic ring is 1. The summed E-state index contributed by atoms with van der Waals surface area (Å²) >= 11 is 1.28. The molecule has 98 valence electrons. The van der Waals surface area contributed by atoms with Crippen molar-refractivity contribution in [1.82, 2.24) is 9.69 Å². The molecule has 0 atom stereocenters. The third-order valence-corrected chi connectivity index (χ3v) is 4.36. The number of nitrogens with zero attached hydrogens (tertiary/aromatic N) is 1. The highest BCUT2D eigenvalue weighted by molar-refractivity contribution is 7.11. The minimum Gasteiger partial charge on any atom is -0.382 e. The second-order valence-electron chi connectivity index (χ2n) is 5.44. The number of hydrogen-bond acceptors (Lipinski definition) is 5. The van der Waals surface area contributed by atoms with Crippen LogP contribution in [0.3, 0.4) is 0 Å². The van der Waals surface area contributed by atoms with E-state index in [-0.39, 0.29) is 5.91 Å². The van der Waals surface area contributed by atoms with E-state index in [9.17, 15) is 4.79 Å². The first-order valence-electron chi connectivity index (χ1n) is 6.46. The van der Waals surface area contributed by atoms with Crippen LogP contribution in [0.15, 0.2) is 0 Å². The zero-order chi connectivity index (χ0) is 12.7. The molecule has 5 nitrogen and oxygen atoms in total. The SMILES string of the molecule is CC1CC(Nc2snc(N)c2C(=O)NC2CC2)C1. The summed E-state index contributed by atoms with van der Waals surface area (Å²) in [5, 5.41) is 7.17. The van der Waals surface area contributed by atoms with Gasteiger partial charge < -0.3 is 16.4 Å². The van der Waals surface area contributed by atoms with Gasteiger partial charge in [0, 0.05) is 12.1 Å². The van der Waals surface area contributed by atoms with Crippen LogP contribution in [0.1, 0.15) is 43.0 Å². The summed E-state index contributed by atoms with van der Waals surface area (Å²) in [6.07, 6.45) is 4.46. The summed E-state index contributed by atoms with van der Waals surface area (Å²) in [6, 6.07) is 0.806. The first kappa shape index (κ1) is 11.8. The predicted molar refractivity (Wildman–Crippen MR) is 72.8 cm³/mol. The molecule has 0 aliphatic heterocycles. The Morgan fingerprint density at radius 1 is 1.39 bits per heavy atom. The second-order valence-corrected chi connectivity index (χ2v) is 6.21. The molecule has 0 aromatic carbocycles. The van der Waals surface area contributed by atoms with Crippen LogP contribution in [0.5, 0.6) is 0 Å². The molecule has 18 heavy (non-hydrogen) atoms. The zero-order valence-corrected chi connectivity index (χ0v) is 11.2. The molecule has 1 amide bonds. The number of carbonyl (C=O) groups excluding carboxylic acids is 1. The molecule has 0 saturated heterocycles. The van der Waals surface area contributed by atoms with Crippen molar-refractivity contribution in [3.63, 3.8) is 0 Å². The van der Waals surface area contributed by atoms with Gasteiger partial charge in [-0.3, -0.25) is 4.79 Å². The molecule has 6 heteroatoms. The van der Waals surface area contributed by atoms with Crippen LogP contribution >= 0.6 is 11.5 Å². The zero-order valence-electron chi connectivity index (χ0n) is 10.4. The Morgan fingerprint density at radius 3 is 2.72 bits per heavy atom. The highest BCUT2D eigenvalue weighted by atomic mass is 32.1. The second kappa shape index (κ2) is 4.42. The van der Waals surface area contributed by atoms with Crippen molar-refractivity contribution in [2.24, 2.45) is 5.92 Å². The number of carbonyl (C=O) groups is 1. The van der Waals surface area contributed by atoms with Gasteiger partial charge >= 0.3 is 0 Å². The van der Waals surface area contributed by atoms with Crippen LogP contribution in [0.25, 0.3) is 0 Å². The number of nitrogens with one attached hydrogen (secondary N) is 2. The number of rotatable bonds is 4. The lowest BCUT2D eigenvalue weighted by Crippen LogP contribution is -2.34. The lowest BCUT2D eigenvalue weighted by atomic mass is 9.82. The van der Waals surface area contributed by atoms with E-state index in [1.807, 2.05) is 0 Å². The number of anilines is 2. The van der Waals surface area contributed by atoms with E-state index in [1.54, 1.807) is 0 Å². The molecule has 1 aromatic rings. The average Bonchev–Trinajstić information content (AvgIpc) is 3.00. The Morgan fingerprint density at radius 2 is 2.11 bits per heavy atom. The van der Waals surface area contributed by atoms with E-state index in [2.05, 4.69) is 21.9 Å². The molecular weight excluding hydrogens is 248 g/mol. The van der Waals surface area contributed by atoms with E-state index < -0.39 is 0 Å². The van der Waals surface area contributed by atoms with Crippen LogP contribution in [-0.2, 0) is 0 Å². The number of amides is 1. The van der Waals surface area contributed by atoms with E-state index in [1.165, 1.54) is 11.5 Å². The Bertz CT molecular complexity index is 463. The Labute approximate surface area is 110 Å². The molecule has 1 aromatic heterocycles. The molecule has 3 rings (SSSR count). The number of aromatic nitrogens is 1. The first-order valence-corrected chi connectivity index (χ1v) is 7.23. The van der Waals surface area contributed by atoms with Crippen LogP contribution < -0.4 is 16.4 Å². The fraction of sp³-hybridized carbons (Fsp3) is 0.667. The van der Waals surface area contributed by atoms with Crippen molar-refractivity contribution >= 4 is 28.3 Å². The Hall–Kier alpha value is -1.30. The summed E-state index contributed by atoms with van der Waals surface area (Å²) in [7, 11) is 0. The van der Waals surface area contributed by atoms with Gasteiger partial charge in [-0.15, -0.1) is 0 Å². The standard InChI is InChI=1S/C12H18N4OS/c1-6-4-8(5-6)15-12-9(10(13)16-18-12)11(17)14-7-2-3-7/h6-8,15H,2-5H2,1H3,(H2,13,16)(H,14,17). The number of nitrogens with two attached hydrogens (primary N) is 1. The van der Waals surface area contributed by atoms with Gasteiger partial charge in [-0.05, 0) is 43.1 Å². The predicted octanol–water partition coefficient (Wildman–Crippen LogP) is 1.83. The van der Waals surface area contributed by atoms with E-state index >= 15 is 0 Å². The molecule has 0 spiro atoms. The molecular formula is C12H18N4OS. The molecule has 0 radical (unpaired) electrons. The summed E-state index contributed by atoms with van der Waals surface area (Å²) in [6.45, 7) is 2.24. The van der Waals surface area contributed by atoms with Crippen molar-refractivity contribution in [1.29, 1.82) is 0 Å². The molecule has 2 aliphatic carbocycles. The van der Waals surface area contributed by atoms with Gasteiger partial charge in [0.25, 0.3) is 5.91 Å². The van der Waals surface area contributed by atoms with Gasteiger partial charge in [-0.1, -0.05) is 6.92 Å². The Balaban J connectivity index is 1.71. The van der Waals surface area contributed by atoms with Crippen molar-refractivity contribution in [2.45, 2.75) is 44.7 Å². The molecule has 4 N–H and O–H groups in total. The fourth-order valence-electron chi connectivity index (χ4n) is 2.31. The van der Waals surface area contributed by atoms with Crippen molar-refractivity contribution in [3.8, 4) is 0 Å². The largest absolute Gasteiger partial charge is 0.382 e. The van der Waals surface area contributed by atoms with Gasteiger partial charge in [0.15, 0.2) is 5.82 Å². The van der Waals surface area contributed by atoms with E-state index in [0.717, 1.165) is 36.6 Å². The quantitative estimate of drug-likeness (QED) is 0.776. The Kier molecular flexibility index (Phi) is 2.89. The maximum atomic E-state index is 12.1. The van der Waals surface area contributed by atoms with Crippen LogP contribution in [0.2, 0.25) is 0 Å². The van der Waals surface area contributed by atoms with Crippen molar-refractivity contribution < 1.29 is 4.79 Å². The minimum absolute atomic E-state index is 0.0846.